The summed E-state index contributed by atoms with van der Waals surface area (Å²) in [6.07, 6.45) is 0. The molecule has 0 unspecified atom stereocenters. The van der Waals surface area contributed by atoms with E-state index >= 15 is 0 Å². The van der Waals surface area contributed by atoms with Crippen LogP contribution in [0.4, 0.5) is 11.4 Å². The molecular weight excluding hydrogens is 348 g/mol. The maximum absolute atomic E-state index is 12.7. The first kappa shape index (κ1) is 18.7. The van der Waals surface area contributed by atoms with E-state index in [1.165, 1.54) is 0 Å². The van der Waals surface area contributed by atoms with Crippen molar-refractivity contribution in [3.8, 4) is 0 Å². The van der Waals surface area contributed by atoms with Gasteiger partial charge in [-0.3, -0.25) is 0 Å². The Balaban J connectivity index is 1.77. The molecule has 7 heteroatoms. The molecule has 0 saturated carbocycles. The predicted octanol–water partition coefficient (Wildman–Crippen LogP) is 1.64. The molecule has 1 saturated heterocycles. The Morgan fingerprint density at radius 1 is 1.08 bits per heavy atom. The minimum Gasteiger partial charge on any atom is -0.378 e. The maximum atomic E-state index is 12.7. The van der Waals surface area contributed by atoms with Gasteiger partial charge in [-0.1, -0.05) is 24.3 Å². The molecule has 2 aromatic carbocycles. The topological polar surface area (TPSA) is 64.7 Å². The molecule has 2 N–H and O–H groups in total. The largest absolute Gasteiger partial charge is 0.378 e. The summed E-state index contributed by atoms with van der Waals surface area (Å²) in [6, 6.07) is 14.9. The number of anilines is 2. The summed E-state index contributed by atoms with van der Waals surface area (Å²) in [5, 5.41) is 3.34. The summed E-state index contributed by atoms with van der Waals surface area (Å²) in [6.45, 7) is 4.01. The Hall–Kier alpha value is -2.09. The lowest BCUT2D eigenvalue weighted by molar-refractivity contribution is 0.578. The highest BCUT2D eigenvalue weighted by molar-refractivity contribution is 7.89. The molecule has 1 heterocycles. The van der Waals surface area contributed by atoms with E-state index in [0.717, 1.165) is 43.1 Å². The van der Waals surface area contributed by atoms with E-state index in [2.05, 4.69) is 21.0 Å². The summed E-state index contributed by atoms with van der Waals surface area (Å²) >= 11 is 0. The molecular formula is C19H26N4O2S. The highest BCUT2D eigenvalue weighted by Crippen LogP contribution is 2.22. The monoisotopic (exact) mass is 374 g/mol. The molecule has 26 heavy (non-hydrogen) atoms. The van der Waals surface area contributed by atoms with Gasteiger partial charge >= 0.3 is 0 Å². The van der Waals surface area contributed by atoms with Crippen LogP contribution in [0.5, 0.6) is 0 Å². The number of para-hydroxylation sites is 1. The van der Waals surface area contributed by atoms with Crippen molar-refractivity contribution in [3.05, 3.63) is 54.1 Å². The Bertz CT molecular complexity index is 846. The lowest BCUT2D eigenvalue weighted by Crippen LogP contribution is -2.44. The van der Waals surface area contributed by atoms with Crippen LogP contribution < -0.4 is 19.8 Å². The normalized spacial score (nSPS) is 15.1. The van der Waals surface area contributed by atoms with Gasteiger partial charge in [0.05, 0.1) is 4.90 Å². The van der Waals surface area contributed by atoms with Crippen LogP contribution in [0.2, 0.25) is 0 Å². The molecule has 6 nitrogen and oxygen atoms in total. The molecule has 140 valence electrons. The first-order valence-electron chi connectivity index (χ1n) is 8.78. The van der Waals surface area contributed by atoms with Crippen LogP contribution in [0.25, 0.3) is 0 Å². The maximum Gasteiger partial charge on any atom is 0.240 e. The van der Waals surface area contributed by atoms with Crippen molar-refractivity contribution in [2.75, 3.05) is 50.1 Å². The number of piperazine rings is 1. The van der Waals surface area contributed by atoms with Crippen LogP contribution in [0, 0.1) is 0 Å². The summed E-state index contributed by atoms with van der Waals surface area (Å²) in [4.78, 5) is 4.47. The number of hydrogen-bond donors (Lipinski definition) is 2. The van der Waals surface area contributed by atoms with E-state index < -0.39 is 10.0 Å². The van der Waals surface area contributed by atoms with E-state index in [9.17, 15) is 8.42 Å². The van der Waals surface area contributed by atoms with Gasteiger partial charge in [0.25, 0.3) is 0 Å². The molecule has 0 spiro atoms. The minimum absolute atomic E-state index is 0.272. The van der Waals surface area contributed by atoms with Gasteiger partial charge in [0.2, 0.25) is 10.0 Å². The molecule has 1 aliphatic heterocycles. The minimum atomic E-state index is -3.57. The molecule has 0 bridgehead atoms. The van der Waals surface area contributed by atoms with Crippen molar-refractivity contribution in [3.63, 3.8) is 0 Å². The summed E-state index contributed by atoms with van der Waals surface area (Å²) in [7, 11) is 0.214. The zero-order chi connectivity index (χ0) is 18.6. The fourth-order valence-electron chi connectivity index (χ4n) is 3.06. The number of nitrogens with zero attached hydrogens (tertiary/aromatic N) is 2. The highest BCUT2D eigenvalue weighted by atomic mass is 32.2. The fourth-order valence-corrected chi connectivity index (χ4v) is 4.11. The molecule has 0 aliphatic carbocycles. The first-order chi connectivity index (χ1) is 12.5. The van der Waals surface area contributed by atoms with Crippen LogP contribution in [0.1, 0.15) is 5.56 Å². The van der Waals surface area contributed by atoms with Gasteiger partial charge in [-0.25, -0.2) is 13.1 Å². The zero-order valence-electron chi connectivity index (χ0n) is 15.3. The van der Waals surface area contributed by atoms with Gasteiger partial charge in [-0.2, -0.15) is 0 Å². The lowest BCUT2D eigenvalue weighted by atomic mass is 10.1. The van der Waals surface area contributed by atoms with Gasteiger partial charge < -0.3 is 15.1 Å². The van der Waals surface area contributed by atoms with E-state index in [1.54, 1.807) is 18.2 Å². The van der Waals surface area contributed by atoms with Gasteiger partial charge in [-0.15, -0.1) is 0 Å². The SMILES string of the molecule is CN(C)c1cccc(S(=O)(=O)NCc2ccccc2N2CCNCC2)c1. The zero-order valence-corrected chi connectivity index (χ0v) is 16.1. The summed E-state index contributed by atoms with van der Waals surface area (Å²) < 4.78 is 28.2. The Labute approximate surface area is 155 Å². The van der Waals surface area contributed by atoms with Crippen LogP contribution in [0.3, 0.4) is 0 Å². The van der Waals surface area contributed by atoms with Crippen molar-refractivity contribution >= 4 is 21.4 Å². The van der Waals surface area contributed by atoms with Crippen molar-refractivity contribution < 1.29 is 8.42 Å². The average Bonchev–Trinajstić information content (AvgIpc) is 2.67. The van der Waals surface area contributed by atoms with Crippen molar-refractivity contribution in [1.82, 2.24) is 10.0 Å². The molecule has 3 rings (SSSR count). The van der Waals surface area contributed by atoms with E-state index in [1.807, 2.05) is 43.3 Å². The van der Waals surface area contributed by atoms with Crippen LogP contribution in [-0.2, 0) is 16.6 Å². The summed E-state index contributed by atoms with van der Waals surface area (Å²) in [5.41, 5.74) is 2.94. The highest BCUT2D eigenvalue weighted by Gasteiger charge is 2.18. The fraction of sp³-hybridized carbons (Fsp3) is 0.368. The smallest absolute Gasteiger partial charge is 0.240 e. The Kier molecular flexibility index (Phi) is 5.80. The standard InChI is InChI=1S/C19H26N4O2S/c1-22(2)17-7-5-8-18(14-17)26(24,25)21-15-16-6-3-4-9-19(16)23-12-10-20-11-13-23/h3-9,14,20-21H,10-13,15H2,1-2H3. The molecule has 2 aromatic rings. The number of hydrogen-bond acceptors (Lipinski definition) is 5. The number of sulfonamides is 1. The summed E-state index contributed by atoms with van der Waals surface area (Å²) in [5.74, 6) is 0. The molecule has 0 radical (unpaired) electrons. The van der Waals surface area contributed by atoms with Gasteiger partial charge in [0.15, 0.2) is 0 Å². The van der Waals surface area contributed by atoms with E-state index in [0.29, 0.717) is 0 Å². The molecule has 0 amide bonds. The van der Waals surface area contributed by atoms with Crippen molar-refractivity contribution in [1.29, 1.82) is 0 Å². The van der Waals surface area contributed by atoms with Crippen molar-refractivity contribution in [2.45, 2.75) is 11.4 Å². The number of rotatable bonds is 6. The van der Waals surface area contributed by atoms with Crippen molar-refractivity contribution in [2.24, 2.45) is 0 Å². The Morgan fingerprint density at radius 3 is 2.54 bits per heavy atom. The second-order valence-electron chi connectivity index (χ2n) is 6.58. The van der Waals surface area contributed by atoms with Crippen LogP contribution in [0.15, 0.2) is 53.4 Å². The first-order valence-corrected chi connectivity index (χ1v) is 10.3. The second-order valence-corrected chi connectivity index (χ2v) is 8.35. The van der Waals surface area contributed by atoms with Crippen LogP contribution >= 0.6 is 0 Å². The molecule has 0 aromatic heterocycles. The molecule has 1 aliphatic rings. The van der Waals surface area contributed by atoms with Gasteiger partial charge in [0.1, 0.15) is 0 Å². The lowest BCUT2D eigenvalue weighted by Gasteiger charge is -2.31. The number of nitrogens with one attached hydrogen (secondary N) is 2. The second kappa shape index (κ2) is 8.07. The van der Waals surface area contributed by atoms with E-state index in [4.69, 9.17) is 0 Å². The third kappa shape index (κ3) is 4.35. The number of benzene rings is 2. The molecule has 0 atom stereocenters. The third-order valence-corrected chi connectivity index (χ3v) is 5.95. The Morgan fingerprint density at radius 2 is 1.81 bits per heavy atom. The third-order valence-electron chi connectivity index (χ3n) is 4.55. The van der Waals surface area contributed by atoms with Crippen LogP contribution in [-0.4, -0.2) is 48.7 Å². The van der Waals surface area contributed by atoms with Gasteiger partial charge in [-0.05, 0) is 29.8 Å². The molecule has 1 fully saturated rings. The van der Waals surface area contributed by atoms with E-state index in [-0.39, 0.29) is 11.4 Å². The predicted molar refractivity (Wildman–Crippen MR) is 106 cm³/mol. The average molecular weight is 375 g/mol. The van der Waals surface area contributed by atoms with Gasteiger partial charge in [0, 0.05) is 58.2 Å². The quantitative estimate of drug-likeness (QED) is 0.805.